The van der Waals surface area contributed by atoms with E-state index < -0.39 is 0 Å². The van der Waals surface area contributed by atoms with Crippen LogP contribution in [0.15, 0.2) is 12.3 Å². The summed E-state index contributed by atoms with van der Waals surface area (Å²) >= 11 is 0. The summed E-state index contributed by atoms with van der Waals surface area (Å²) in [6.45, 7) is 6.03. The second-order valence-corrected chi connectivity index (χ2v) is 1.87. The molecule has 0 unspecified atom stereocenters. The molecule has 0 spiro atoms. The van der Waals surface area contributed by atoms with Gasteiger partial charge < -0.3 is 10.1 Å². The maximum Gasteiger partial charge on any atom is 0.227 e. The summed E-state index contributed by atoms with van der Waals surface area (Å²) in [5.41, 5.74) is 0. The molecule has 0 heterocycles. The second kappa shape index (κ2) is 4.85. The van der Waals surface area contributed by atoms with E-state index in [-0.39, 0.29) is 12.3 Å². The zero-order chi connectivity index (χ0) is 7.98. The van der Waals surface area contributed by atoms with Gasteiger partial charge in [-0.05, 0) is 6.92 Å². The molecule has 0 atom stereocenters. The fourth-order valence-electron chi connectivity index (χ4n) is 0.511. The minimum absolute atomic E-state index is 0.0469. The van der Waals surface area contributed by atoms with Gasteiger partial charge in [-0.25, -0.2) is 0 Å². The van der Waals surface area contributed by atoms with Gasteiger partial charge in [0.2, 0.25) is 5.91 Å². The van der Waals surface area contributed by atoms with Gasteiger partial charge in [-0.15, -0.1) is 0 Å². The van der Waals surface area contributed by atoms with Crippen molar-refractivity contribution in [2.24, 2.45) is 0 Å². The average Bonchev–Trinajstić information content (AvgIpc) is 1.88. The molecule has 0 radical (unpaired) electrons. The van der Waals surface area contributed by atoms with E-state index in [1.54, 1.807) is 0 Å². The van der Waals surface area contributed by atoms with Crippen LogP contribution in [0.25, 0.3) is 0 Å². The summed E-state index contributed by atoms with van der Waals surface area (Å²) in [6, 6.07) is 0. The molecule has 0 rings (SSSR count). The van der Waals surface area contributed by atoms with Crippen molar-refractivity contribution in [2.75, 3.05) is 13.7 Å². The van der Waals surface area contributed by atoms with Gasteiger partial charge in [0, 0.05) is 6.54 Å². The summed E-state index contributed by atoms with van der Waals surface area (Å²) in [5, 5.41) is 2.63. The standard InChI is InChI=1S/C7H13NO2/c1-4-8-7(9)5-6(2)10-3/h2,4-5H2,1,3H3,(H,8,9). The normalized spacial score (nSPS) is 8.60. The maximum absolute atomic E-state index is 10.8. The van der Waals surface area contributed by atoms with Crippen LogP contribution in [-0.4, -0.2) is 19.6 Å². The lowest BCUT2D eigenvalue weighted by Crippen LogP contribution is -2.22. The highest BCUT2D eigenvalue weighted by atomic mass is 16.5. The molecule has 0 aliphatic heterocycles. The van der Waals surface area contributed by atoms with E-state index in [1.807, 2.05) is 6.92 Å². The van der Waals surface area contributed by atoms with Gasteiger partial charge >= 0.3 is 0 Å². The lowest BCUT2D eigenvalue weighted by atomic mass is 10.3. The largest absolute Gasteiger partial charge is 0.501 e. The van der Waals surface area contributed by atoms with Crippen molar-refractivity contribution in [1.82, 2.24) is 5.32 Å². The Kier molecular flexibility index (Phi) is 4.37. The van der Waals surface area contributed by atoms with Crippen LogP contribution >= 0.6 is 0 Å². The van der Waals surface area contributed by atoms with Gasteiger partial charge in [-0.3, -0.25) is 4.79 Å². The Hall–Kier alpha value is -0.990. The van der Waals surface area contributed by atoms with Gasteiger partial charge in [0.05, 0.1) is 19.3 Å². The smallest absolute Gasteiger partial charge is 0.227 e. The van der Waals surface area contributed by atoms with Gasteiger partial charge in [-0.2, -0.15) is 0 Å². The first kappa shape index (κ1) is 9.01. The number of rotatable bonds is 4. The van der Waals surface area contributed by atoms with Gasteiger partial charge in [0.15, 0.2) is 0 Å². The van der Waals surface area contributed by atoms with E-state index in [1.165, 1.54) is 7.11 Å². The van der Waals surface area contributed by atoms with E-state index in [2.05, 4.69) is 11.9 Å². The molecular formula is C7H13NO2. The minimum atomic E-state index is -0.0469. The third kappa shape index (κ3) is 3.95. The average molecular weight is 143 g/mol. The van der Waals surface area contributed by atoms with E-state index in [0.717, 1.165) is 0 Å². The highest BCUT2D eigenvalue weighted by Crippen LogP contribution is 1.96. The Morgan fingerprint density at radius 3 is 2.70 bits per heavy atom. The molecule has 0 saturated heterocycles. The third-order valence-electron chi connectivity index (χ3n) is 1.02. The van der Waals surface area contributed by atoms with E-state index in [9.17, 15) is 4.79 Å². The van der Waals surface area contributed by atoms with Crippen LogP contribution in [0, 0.1) is 0 Å². The first-order valence-corrected chi connectivity index (χ1v) is 3.19. The topological polar surface area (TPSA) is 38.3 Å². The number of hydrogen-bond acceptors (Lipinski definition) is 2. The van der Waals surface area contributed by atoms with Crippen LogP contribution < -0.4 is 5.32 Å². The maximum atomic E-state index is 10.8. The van der Waals surface area contributed by atoms with Crippen LogP contribution in [0.4, 0.5) is 0 Å². The zero-order valence-corrected chi connectivity index (χ0v) is 6.44. The van der Waals surface area contributed by atoms with Crippen LogP contribution in [0.2, 0.25) is 0 Å². The first-order valence-electron chi connectivity index (χ1n) is 3.19. The molecule has 0 aliphatic rings. The summed E-state index contributed by atoms with van der Waals surface area (Å²) < 4.78 is 4.71. The summed E-state index contributed by atoms with van der Waals surface area (Å²) in [5.74, 6) is 0.445. The Labute approximate surface area is 61.1 Å². The number of nitrogens with one attached hydrogen (secondary N) is 1. The van der Waals surface area contributed by atoms with Crippen LogP contribution in [0.5, 0.6) is 0 Å². The predicted molar refractivity (Wildman–Crippen MR) is 39.4 cm³/mol. The molecule has 0 aliphatic carbocycles. The number of methoxy groups -OCH3 is 1. The zero-order valence-electron chi connectivity index (χ0n) is 6.44. The first-order chi connectivity index (χ1) is 4.70. The van der Waals surface area contributed by atoms with Crippen molar-refractivity contribution in [3.05, 3.63) is 12.3 Å². The van der Waals surface area contributed by atoms with Gasteiger partial charge in [0.25, 0.3) is 0 Å². The fourth-order valence-corrected chi connectivity index (χ4v) is 0.511. The molecule has 0 aromatic heterocycles. The monoisotopic (exact) mass is 143 g/mol. The van der Waals surface area contributed by atoms with E-state index >= 15 is 0 Å². The van der Waals surface area contributed by atoms with Crippen molar-refractivity contribution in [3.63, 3.8) is 0 Å². The summed E-state index contributed by atoms with van der Waals surface area (Å²) in [6.07, 6.45) is 0.254. The summed E-state index contributed by atoms with van der Waals surface area (Å²) in [4.78, 5) is 10.8. The molecule has 3 nitrogen and oxygen atoms in total. The number of ether oxygens (including phenoxy) is 1. The molecule has 3 heteroatoms. The Balaban J connectivity index is 3.47. The second-order valence-electron chi connectivity index (χ2n) is 1.87. The minimum Gasteiger partial charge on any atom is -0.501 e. The Morgan fingerprint density at radius 2 is 2.30 bits per heavy atom. The molecule has 0 aromatic carbocycles. The molecule has 58 valence electrons. The van der Waals surface area contributed by atoms with Crippen molar-refractivity contribution in [1.29, 1.82) is 0 Å². The molecule has 0 saturated carbocycles. The predicted octanol–water partition coefficient (Wildman–Crippen LogP) is 0.673. The quantitative estimate of drug-likeness (QED) is 0.587. The number of carbonyl (C=O) groups excluding carboxylic acids is 1. The van der Waals surface area contributed by atoms with Gasteiger partial charge in [0.1, 0.15) is 0 Å². The number of hydrogen-bond donors (Lipinski definition) is 1. The molecule has 10 heavy (non-hydrogen) atoms. The molecule has 0 bridgehead atoms. The van der Waals surface area contributed by atoms with E-state index in [0.29, 0.717) is 12.3 Å². The highest BCUT2D eigenvalue weighted by Gasteiger charge is 2.00. The fraction of sp³-hybridized carbons (Fsp3) is 0.571. The lowest BCUT2D eigenvalue weighted by Gasteiger charge is -2.02. The molecule has 0 fully saturated rings. The van der Waals surface area contributed by atoms with Crippen LogP contribution in [-0.2, 0) is 9.53 Å². The SMILES string of the molecule is C=C(CC(=O)NCC)OC. The number of amides is 1. The third-order valence-corrected chi connectivity index (χ3v) is 1.02. The summed E-state index contributed by atoms with van der Waals surface area (Å²) in [7, 11) is 1.50. The highest BCUT2D eigenvalue weighted by molar-refractivity contribution is 5.77. The van der Waals surface area contributed by atoms with Crippen molar-refractivity contribution in [2.45, 2.75) is 13.3 Å². The van der Waals surface area contributed by atoms with Crippen molar-refractivity contribution >= 4 is 5.91 Å². The van der Waals surface area contributed by atoms with E-state index in [4.69, 9.17) is 4.74 Å². The Bertz CT molecular complexity index is 132. The van der Waals surface area contributed by atoms with Crippen molar-refractivity contribution < 1.29 is 9.53 Å². The Morgan fingerprint density at radius 1 is 1.70 bits per heavy atom. The molecular weight excluding hydrogens is 130 g/mol. The van der Waals surface area contributed by atoms with Crippen LogP contribution in [0.1, 0.15) is 13.3 Å². The molecule has 1 N–H and O–H groups in total. The molecule has 1 amide bonds. The molecule has 0 aromatic rings. The van der Waals surface area contributed by atoms with Crippen molar-refractivity contribution in [3.8, 4) is 0 Å². The van der Waals surface area contributed by atoms with Gasteiger partial charge in [-0.1, -0.05) is 6.58 Å². The lowest BCUT2D eigenvalue weighted by molar-refractivity contribution is -0.120. The number of carbonyl (C=O) groups is 1. The van der Waals surface area contributed by atoms with Crippen LogP contribution in [0.3, 0.4) is 0 Å².